The summed E-state index contributed by atoms with van der Waals surface area (Å²) in [6.07, 6.45) is 5.38. The molecule has 1 aromatic rings. The quantitative estimate of drug-likeness (QED) is 0.779. The third-order valence-electron chi connectivity index (χ3n) is 3.92. The third-order valence-corrected chi connectivity index (χ3v) is 3.92. The smallest absolute Gasteiger partial charge is 0.0772 e. The van der Waals surface area contributed by atoms with Gasteiger partial charge in [0.1, 0.15) is 0 Å². The Labute approximate surface area is 102 Å². The highest BCUT2D eigenvalue weighted by Crippen LogP contribution is 2.25. The number of fused-ring (bicyclic) bond motifs is 3. The Morgan fingerprint density at radius 1 is 1.29 bits per heavy atom. The molecule has 0 spiro atoms. The van der Waals surface area contributed by atoms with Crippen LogP contribution in [0, 0.1) is 0 Å². The maximum atomic E-state index is 4.44. The van der Waals surface area contributed by atoms with Gasteiger partial charge in [0.25, 0.3) is 0 Å². The molecule has 17 heavy (non-hydrogen) atoms. The van der Waals surface area contributed by atoms with Gasteiger partial charge >= 0.3 is 0 Å². The van der Waals surface area contributed by atoms with E-state index in [2.05, 4.69) is 25.1 Å². The maximum Gasteiger partial charge on any atom is 0.0772 e. The van der Waals surface area contributed by atoms with Crippen molar-refractivity contribution in [2.75, 3.05) is 39.8 Å². The van der Waals surface area contributed by atoms with E-state index in [1.807, 2.05) is 13.2 Å². The molecular weight excluding hydrogens is 214 g/mol. The van der Waals surface area contributed by atoms with Crippen molar-refractivity contribution in [1.29, 1.82) is 0 Å². The Morgan fingerprint density at radius 2 is 2.12 bits per heavy atom. The Morgan fingerprint density at radius 3 is 2.65 bits per heavy atom. The van der Waals surface area contributed by atoms with E-state index in [-0.39, 0.29) is 6.04 Å². The average Bonchev–Trinajstić information content (AvgIpc) is 2.42. The van der Waals surface area contributed by atoms with Gasteiger partial charge in [0.05, 0.1) is 17.9 Å². The number of nitrogens with zero attached hydrogens (tertiary/aromatic N) is 4. The zero-order valence-corrected chi connectivity index (χ0v) is 10.2. The Bertz CT molecular complexity index is 360. The summed E-state index contributed by atoms with van der Waals surface area (Å²) in [4.78, 5) is 13.7. The van der Waals surface area contributed by atoms with Crippen LogP contribution in [0.25, 0.3) is 0 Å². The molecule has 0 amide bonds. The zero-order valence-electron chi connectivity index (χ0n) is 10.2. The van der Waals surface area contributed by atoms with Gasteiger partial charge in [0.2, 0.25) is 0 Å². The topological polar surface area (TPSA) is 44.3 Å². The number of likely N-dealkylation sites (N-methyl/N-ethyl adjacent to an activating group) is 1. The number of rotatable bonds is 3. The van der Waals surface area contributed by atoms with Crippen molar-refractivity contribution in [3.05, 3.63) is 24.3 Å². The van der Waals surface area contributed by atoms with E-state index in [9.17, 15) is 0 Å². The highest BCUT2D eigenvalue weighted by molar-refractivity contribution is 5.09. The van der Waals surface area contributed by atoms with Crippen molar-refractivity contribution >= 4 is 0 Å². The summed E-state index contributed by atoms with van der Waals surface area (Å²) in [7, 11) is 2.01. The molecule has 1 aromatic heterocycles. The molecule has 3 saturated heterocycles. The molecule has 0 radical (unpaired) electrons. The second-order valence-electron chi connectivity index (χ2n) is 4.80. The summed E-state index contributed by atoms with van der Waals surface area (Å²) in [5.41, 5.74) is 1.05. The lowest BCUT2D eigenvalue weighted by Crippen LogP contribution is -2.63. The Hall–Kier alpha value is -1.04. The van der Waals surface area contributed by atoms with Gasteiger partial charge in [0.15, 0.2) is 0 Å². The van der Waals surface area contributed by atoms with E-state index < -0.39 is 0 Å². The minimum absolute atomic E-state index is 0.284. The van der Waals surface area contributed by atoms with Gasteiger partial charge in [0, 0.05) is 51.2 Å². The second kappa shape index (κ2) is 4.68. The van der Waals surface area contributed by atoms with Gasteiger partial charge in [-0.1, -0.05) is 0 Å². The van der Waals surface area contributed by atoms with Crippen LogP contribution in [-0.4, -0.2) is 65.6 Å². The van der Waals surface area contributed by atoms with Gasteiger partial charge in [-0.25, -0.2) is 0 Å². The van der Waals surface area contributed by atoms with Crippen molar-refractivity contribution in [3.8, 4) is 0 Å². The van der Waals surface area contributed by atoms with E-state index in [0.717, 1.165) is 12.2 Å². The maximum absolute atomic E-state index is 4.44. The van der Waals surface area contributed by atoms with Crippen LogP contribution >= 0.6 is 0 Å². The summed E-state index contributed by atoms with van der Waals surface area (Å²) in [6.45, 7) is 5.94. The highest BCUT2D eigenvalue weighted by atomic mass is 15.4. The van der Waals surface area contributed by atoms with E-state index in [1.165, 1.54) is 26.2 Å². The van der Waals surface area contributed by atoms with Crippen molar-refractivity contribution < 1.29 is 0 Å². The molecule has 2 unspecified atom stereocenters. The van der Waals surface area contributed by atoms with Gasteiger partial charge in [-0.3, -0.25) is 19.8 Å². The summed E-state index contributed by atoms with van der Waals surface area (Å²) < 4.78 is 0. The molecule has 92 valence electrons. The predicted molar refractivity (Wildman–Crippen MR) is 65.6 cm³/mol. The van der Waals surface area contributed by atoms with Crippen LogP contribution in [-0.2, 0) is 0 Å². The molecule has 3 fully saturated rings. The first kappa shape index (κ1) is 11.1. The van der Waals surface area contributed by atoms with Gasteiger partial charge in [-0.05, 0) is 7.05 Å². The lowest BCUT2D eigenvalue weighted by Gasteiger charge is -2.49. The molecule has 2 bridgehead atoms. The molecule has 0 aromatic carbocycles. The largest absolute Gasteiger partial charge is 0.310 e. The van der Waals surface area contributed by atoms with E-state index in [4.69, 9.17) is 0 Å². The van der Waals surface area contributed by atoms with Crippen LogP contribution in [0.15, 0.2) is 18.6 Å². The molecule has 4 heterocycles. The summed E-state index contributed by atoms with van der Waals surface area (Å²) >= 11 is 0. The number of hydrogen-bond acceptors (Lipinski definition) is 5. The fourth-order valence-corrected chi connectivity index (χ4v) is 2.98. The second-order valence-corrected chi connectivity index (χ2v) is 4.80. The Kier molecular flexibility index (Phi) is 3.05. The zero-order chi connectivity index (χ0) is 11.7. The average molecular weight is 233 g/mol. The van der Waals surface area contributed by atoms with Crippen LogP contribution in [0.5, 0.6) is 0 Å². The van der Waals surface area contributed by atoms with Crippen molar-refractivity contribution in [1.82, 2.24) is 25.1 Å². The molecule has 0 saturated carbocycles. The standard InChI is InChI=1S/C12H19N5/c1-13-12(10-8-14-2-3-15-10)11-9-16-4-6-17(11)7-5-16/h2-3,8,11-13H,4-7,9H2,1H3. The van der Waals surface area contributed by atoms with Gasteiger partial charge < -0.3 is 5.32 Å². The first-order chi connectivity index (χ1) is 8.38. The molecule has 1 N–H and O–H groups in total. The summed E-state index contributed by atoms with van der Waals surface area (Å²) in [5.74, 6) is 0. The fourth-order valence-electron chi connectivity index (χ4n) is 2.98. The first-order valence-electron chi connectivity index (χ1n) is 6.28. The number of piperazine rings is 3. The predicted octanol–water partition coefficient (Wildman–Crippen LogP) is -0.263. The third kappa shape index (κ3) is 2.06. The SMILES string of the molecule is CNC(c1cnccn1)C1CN2CCN1CC2. The fraction of sp³-hybridized carbons (Fsp3) is 0.667. The van der Waals surface area contributed by atoms with Crippen LogP contribution in [0.3, 0.4) is 0 Å². The normalized spacial score (nSPS) is 33.6. The Balaban J connectivity index is 1.82. The monoisotopic (exact) mass is 233 g/mol. The van der Waals surface area contributed by atoms with E-state index >= 15 is 0 Å². The minimum Gasteiger partial charge on any atom is -0.310 e. The molecule has 3 aliphatic heterocycles. The van der Waals surface area contributed by atoms with Crippen LogP contribution in [0.1, 0.15) is 11.7 Å². The lowest BCUT2D eigenvalue weighted by atomic mass is 9.98. The first-order valence-corrected chi connectivity index (χ1v) is 6.28. The molecule has 5 heteroatoms. The molecule has 4 rings (SSSR count). The number of aromatic nitrogens is 2. The number of hydrogen-bond donors (Lipinski definition) is 1. The lowest BCUT2D eigenvalue weighted by molar-refractivity contribution is -0.00321. The van der Waals surface area contributed by atoms with E-state index in [1.54, 1.807) is 12.4 Å². The summed E-state index contributed by atoms with van der Waals surface area (Å²) in [5, 5.41) is 3.40. The highest BCUT2D eigenvalue weighted by Gasteiger charge is 2.37. The molecule has 2 atom stereocenters. The van der Waals surface area contributed by atoms with Crippen molar-refractivity contribution in [2.45, 2.75) is 12.1 Å². The molecule has 0 aliphatic carbocycles. The number of nitrogens with one attached hydrogen (secondary N) is 1. The van der Waals surface area contributed by atoms with Crippen LogP contribution in [0.4, 0.5) is 0 Å². The van der Waals surface area contributed by atoms with Crippen LogP contribution in [0.2, 0.25) is 0 Å². The summed E-state index contributed by atoms with van der Waals surface area (Å²) in [6, 6.07) is 0.811. The van der Waals surface area contributed by atoms with Gasteiger partial charge in [-0.15, -0.1) is 0 Å². The molecular formula is C12H19N5. The molecule has 5 nitrogen and oxygen atoms in total. The van der Waals surface area contributed by atoms with Gasteiger partial charge in [-0.2, -0.15) is 0 Å². The minimum atomic E-state index is 0.284. The van der Waals surface area contributed by atoms with Crippen molar-refractivity contribution in [3.63, 3.8) is 0 Å². The van der Waals surface area contributed by atoms with Crippen molar-refractivity contribution in [2.24, 2.45) is 0 Å². The molecule has 3 aliphatic rings. The van der Waals surface area contributed by atoms with E-state index in [0.29, 0.717) is 6.04 Å². The van der Waals surface area contributed by atoms with Crippen LogP contribution < -0.4 is 5.32 Å².